The summed E-state index contributed by atoms with van der Waals surface area (Å²) in [6, 6.07) is 5.60. The summed E-state index contributed by atoms with van der Waals surface area (Å²) in [6.07, 6.45) is 5.63. The molecule has 0 radical (unpaired) electrons. The summed E-state index contributed by atoms with van der Waals surface area (Å²) >= 11 is 0. The molecule has 1 fully saturated rings. The normalized spacial score (nSPS) is 20.7. The fourth-order valence-electron chi connectivity index (χ4n) is 3.20. The highest BCUT2D eigenvalue weighted by Gasteiger charge is 2.42. The van der Waals surface area contributed by atoms with Gasteiger partial charge < -0.3 is 10.0 Å². The number of hydrogen-bond donors (Lipinski definition) is 1. The maximum Gasteiger partial charge on any atom is 0.270 e. The van der Waals surface area contributed by atoms with E-state index in [9.17, 15) is 9.90 Å². The Morgan fingerprint density at radius 1 is 1.36 bits per heavy atom. The summed E-state index contributed by atoms with van der Waals surface area (Å²) in [5.41, 5.74) is 0.605. The van der Waals surface area contributed by atoms with Gasteiger partial charge in [0.15, 0.2) is 0 Å². The number of nitrogens with zero attached hydrogens (tertiary/aromatic N) is 6. The number of hydrogen-bond acceptors (Lipinski definition) is 5. The molecule has 1 aliphatic heterocycles. The number of likely N-dealkylation sites (tertiary alicyclic amines) is 1. The van der Waals surface area contributed by atoms with Crippen molar-refractivity contribution >= 4 is 11.6 Å². The van der Waals surface area contributed by atoms with E-state index in [4.69, 9.17) is 0 Å². The lowest BCUT2D eigenvalue weighted by atomic mass is 10.00. The maximum atomic E-state index is 12.9. The number of aliphatic hydroxyl groups is 1. The van der Waals surface area contributed by atoms with E-state index in [0.29, 0.717) is 24.4 Å². The molecule has 1 atom stereocenters. The zero-order valence-electron chi connectivity index (χ0n) is 14.2. The highest BCUT2D eigenvalue weighted by Crippen LogP contribution is 2.31. The van der Waals surface area contributed by atoms with Crippen LogP contribution in [0.2, 0.25) is 0 Å². The lowest BCUT2D eigenvalue weighted by molar-refractivity contribution is 0.0379. The number of β-amino-alcohol motifs (C(OH)–C–C–N with tert-alkyl or cyclic N) is 1. The molecule has 0 aliphatic carbocycles. The fourth-order valence-corrected chi connectivity index (χ4v) is 3.20. The third-order valence-electron chi connectivity index (χ3n) is 4.70. The molecule has 8 nitrogen and oxygen atoms in total. The van der Waals surface area contributed by atoms with Crippen molar-refractivity contribution in [3.8, 4) is 0 Å². The standard InChI is InChI=1S/C17H20N6O2/c1-12(2)23-10-14(19-20-23)17(25)6-8-21(11-17)16(24)13-4-3-5-15-18-7-9-22(13)15/h3-5,7,9-10,12,25H,6,8,11H2,1-2H3. The topological polar surface area (TPSA) is 88.5 Å². The van der Waals surface area contributed by atoms with Gasteiger partial charge in [0.2, 0.25) is 0 Å². The smallest absolute Gasteiger partial charge is 0.270 e. The molecule has 4 heterocycles. The average Bonchev–Trinajstić information content (AvgIpc) is 3.32. The van der Waals surface area contributed by atoms with Crippen molar-refractivity contribution in [2.45, 2.75) is 31.9 Å². The predicted octanol–water partition coefficient (Wildman–Crippen LogP) is 1.24. The van der Waals surface area contributed by atoms with E-state index in [2.05, 4.69) is 15.3 Å². The van der Waals surface area contributed by atoms with Gasteiger partial charge in [0.1, 0.15) is 22.6 Å². The van der Waals surface area contributed by atoms with E-state index in [1.54, 1.807) is 38.6 Å². The summed E-state index contributed by atoms with van der Waals surface area (Å²) in [7, 11) is 0. The van der Waals surface area contributed by atoms with E-state index in [0.717, 1.165) is 5.65 Å². The molecular weight excluding hydrogens is 320 g/mol. The number of rotatable bonds is 3. The van der Waals surface area contributed by atoms with Crippen molar-refractivity contribution in [1.29, 1.82) is 0 Å². The molecular formula is C17H20N6O2. The van der Waals surface area contributed by atoms with Crippen molar-refractivity contribution in [1.82, 2.24) is 29.3 Å². The third-order valence-corrected chi connectivity index (χ3v) is 4.70. The first kappa shape index (κ1) is 15.8. The maximum absolute atomic E-state index is 12.9. The quantitative estimate of drug-likeness (QED) is 0.775. The van der Waals surface area contributed by atoms with Gasteiger partial charge in [0, 0.05) is 31.4 Å². The van der Waals surface area contributed by atoms with Crippen LogP contribution in [0.5, 0.6) is 0 Å². The molecule has 25 heavy (non-hydrogen) atoms. The van der Waals surface area contributed by atoms with Crippen LogP contribution in [0.1, 0.15) is 42.5 Å². The van der Waals surface area contributed by atoms with Gasteiger partial charge in [-0.25, -0.2) is 9.67 Å². The number of fused-ring (bicyclic) bond motifs is 1. The van der Waals surface area contributed by atoms with Gasteiger partial charge in [-0.15, -0.1) is 5.10 Å². The van der Waals surface area contributed by atoms with Crippen molar-refractivity contribution in [2.75, 3.05) is 13.1 Å². The highest BCUT2D eigenvalue weighted by atomic mass is 16.3. The largest absolute Gasteiger partial charge is 0.381 e. The Kier molecular flexibility index (Phi) is 3.57. The zero-order chi connectivity index (χ0) is 17.6. The van der Waals surface area contributed by atoms with Gasteiger partial charge in [-0.05, 0) is 26.0 Å². The molecule has 0 bridgehead atoms. The molecule has 3 aromatic heterocycles. The number of aromatic nitrogens is 5. The number of carbonyl (C=O) groups is 1. The van der Waals surface area contributed by atoms with E-state index in [1.807, 2.05) is 26.0 Å². The summed E-state index contributed by atoms with van der Waals surface area (Å²) < 4.78 is 3.47. The number of carbonyl (C=O) groups excluding carboxylic acids is 1. The van der Waals surface area contributed by atoms with Gasteiger partial charge in [-0.1, -0.05) is 11.3 Å². The Morgan fingerprint density at radius 3 is 2.96 bits per heavy atom. The Hall–Kier alpha value is -2.74. The van der Waals surface area contributed by atoms with Crippen molar-refractivity contribution in [3.63, 3.8) is 0 Å². The van der Waals surface area contributed by atoms with E-state index in [1.165, 1.54) is 0 Å². The van der Waals surface area contributed by atoms with Gasteiger partial charge in [-0.2, -0.15) is 0 Å². The fraction of sp³-hybridized carbons (Fsp3) is 0.412. The monoisotopic (exact) mass is 340 g/mol. The minimum atomic E-state index is -1.16. The predicted molar refractivity (Wildman–Crippen MR) is 90.0 cm³/mol. The van der Waals surface area contributed by atoms with Crippen molar-refractivity contribution < 1.29 is 9.90 Å². The van der Waals surface area contributed by atoms with Crippen LogP contribution < -0.4 is 0 Å². The van der Waals surface area contributed by atoms with E-state index >= 15 is 0 Å². The molecule has 4 rings (SSSR count). The molecule has 1 aliphatic rings. The molecule has 1 amide bonds. The lowest BCUT2D eigenvalue weighted by Gasteiger charge is -2.21. The van der Waals surface area contributed by atoms with Crippen molar-refractivity contribution in [2.24, 2.45) is 0 Å². The van der Waals surface area contributed by atoms with Gasteiger partial charge in [0.05, 0.1) is 12.7 Å². The van der Waals surface area contributed by atoms with Gasteiger partial charge >= 0.3 is 0 Å². The Bertz CT molecular complexity index is 930. The van der Waals surface area contributed by atoms with E-state index in [-0.39, 0.29) is 18.5 Å². The molecule has 1 N–H and O–H groups in total. The second kappa shape index (κ2) is 5.66. The van der Waals surface area contributed by atoms with Crippen LogP contribution in [0, 0.1) is 0 Å². The van der Waals surface area contributed by atoms with Crippen LogP contribution in [0.15, 0.2) is 36.8 Å². The first-order chi connectivity index (χ1) is 12.0. The lowest BCUT2D eigenvalue weighted by Crippen LogP contribution is -2.35. The summed E-state index contributed by atoms with van der Waals surface area (Å²) in [5.74, 6) is -0.129. The first-order valence-electron chi connectivity index (χ1n) is 8.34. The average molecular weight is 340 g/mol. The highest BCUT2D eigenvalue weighted by molar-refractivity contribution is 5.93. The molecule has 0 aromatic carbocycles. The van der Waals surface area contributed by atoms with Crippen LogP contribution in [-0.4, -0.2) is 53.4 Å². The molecule has 1 unspecified atom stereocenters. The molecule has 8 heteroatoms. The Balaban J connectivity index is 1.59. The SMILES string of the molecule is CC(C)n1cc(C2(O)CCN(C(=O)c3cccc4nccn34)C2)nn1. The van der Waals surface area contributed by atoms with Crippen LogP contribution in [0.3, 0.4) is 0 Å². The number of amides is 1. The zero-order valence-corrected chi connectivity index (χ0v) is 14.2. The molecule has 0 spiro atoms. The minimum Gasteiger partial charge on any atom is -0.381 e. The summed E-state index contributed by atoms with van der Waals surface area (Å²) in [4.78, 5) is 18.8. The molecule has 1 saturated heterocycles. The van der Waals surface area contributed by atoms with Crippen molar-refractivity contribution in [3.05, 3.63) is 48.2 Å². The third kappa shape index (κ3) is 2.58. The second-order valence-corrected chi connectivity index (χ2v) is 6.75. The summed E-state index contributed by atoms with van der Waals surface area (Å²) in [6.45, 7) is 4.67. The second-order valence-electron chi connectivity index (χ2n) is 6.75. The van der Waals surface area contributed by atoms with Crippen LogP contribution in [0.25, 0.3) is 5.65 Å². The van der Waals surface area contributed by atoms with E-state index < -0.39 is 5.60 Å². The van der Waals surface area contributed by atoms with Crippen LogP contribution >= 0.6 is 0 Å². The Labute approximate surface area is 144 Å². The molecule has 130 valence electrons. The van der Waals surface area contributed by atoms with Crippen LogP contribution in [-0.2, 0) is 5.60 Å². The minimum absolute atomic E-state index is 0.129. The van der Waals surface area contributed by atoms with Gasteiger partial charge in [-0.3, -0.25) is 9.20 Å². The number of pyridine rings is 1. The Morgan fingerprint density at radius 2 is 2.20 bits per heavy atom. The summed E-state index contributed by atoms with van der Waals surface area (Å²) in [5, 5.41) is 19.1. The molecule has 3 aromatic rings. The number of imidazole rings is 1. The van der Waals surface area contributed by atoms with Crippen LogP contribution in [0.4, 0.5) is 0 Å². The molecule has 0 saturated carbocycles. The van der Waals surface area contributed by atoms with Gasteiger partial charge in [0.25, 0.3) is 5.91 Å². The first-order valence-corrected chi connectivity index (χ1v) is 8.34.